The summed E-state index contributed by atoms with van der Waals surface area (Å²) in [5, 5.41) is 5.80. The van der Waals surface area contributed by atoms with Gasteiger partial charge in [-0.2, -0.15) is 0 Å². The quantitative estimate of drug-likeness (QED) is 0.557. The Bertz CT molecular complexity index is 1050. The first-order valence-electron chi connectivity index (χ1n) is 10.7. The van der Waals surface area contributed by atoms with Gasteiger partial charge in [0.25, 0.3) is 5.91 Å². The maximum absolute atomic E-state index is 14.9. The van der Waals surface area contributed by atoms with E-state index in [2.05, 4.69) is 15.6 Å². The van der Waals surface area contributed by atoms with Crippen LogP contribution in [0.3, 0.4) is 0 Å². The average molecular weight is 476 g/mol. The molecule has 2 amide bonds. The Labute approximate surface area is 197 Å². The number of benzene rings is 1. The van der Waals surface area contributed by atoms with E-state index in [1.165, 1.54) is 14.2 Å². The number of carbonyl (C=O) groups excluding carboxylic acids is 2. The SMILES string of the molecule is COc1cc(Nc2nc(N3CC[C@@H](NC(=O)OC(C)(C)C)C3)c(F)cc2C(N)=O)cc(OC)c1. The maximum atomic E-state index is 14.9. The Hall–Kier alpha value is -3.76. The van der Waals surface area contributed by atoms with Gasteiger partial charge in [0.1, 0.15) is 22.9 Å². The molecule has 11 heteroatoms. The van der Waals surface area contributed by atoms with Crippen molar-refractivity contribution in [1.29, 1.82) is 0 Å². The highest BCUT2D eigenvalue weighted by molar-refractivity contribution is 5.98. The van der Waals surface area contributed by atoms with Gasteiger partial charge in [0.2, 0.25) is 0 Å². The van der Waals surface area contributed by atoms with Gasteiger partial charge in [-0.25, -0.2) is 14.2 Å². The van der Waals surface area contributed by atoms with Gasteiger partial charge >= 0.3 is 6.09 Å². The minimum absolute atomic E-state index is 0.0378. The molecule has 1 aromatic carbocycles. The van der Waals surface area contributed by atoms with Crippen LogP contribution in [-0.4, -0.2) is 55.9 Å². The first-order valence-corrected chi connectivity index (χ1v) is 10.7. The molecule has 0 spiro atoms. The van der Waals surface area contributed by atoms with Gasteiger partial charge in [-0.1, -0.05) is 0 Å². The van der Waals surface area contributed by atoms with Gasteiger partial charge in [-0.05, 0) is 33.3 Å². The summed E-state index contributed by atoms with van der Waals surface area (Å²) in [6.07, 6.45) is 0.0412. The molecule has 4 N–H and O–H groups in total. The fourth-order valence-corrected chi connectivity index (χ4v) is 3.55. The summed E-state index contributed by atoms with van der Waals surface area (Å²) in [5.41, 5.74) is 5.25. The number of alkyl carbamates (subject to hydrolysis) is 1. The summed E-state index contributed by atoms with van der Waals surface area (Å²) < 4.78 is 30.8. The lowest BCUT2D eigenvalue weighted by molar-refractivity contribution is 0.0508. The van der Waals surface area contributed by atoms with Gasteiger partial charge in [-0.3, -0.25) is 4.79 Å². The minimum atomic E-state index is -0.832. The van der Waals surface area contributed by atoms with Crippen molar-refractivity contribution in [3.05, 3.63) is 35.6 Å². The lowest BCUT2D eigenvalue weighted by Crippen LogP contribution is -2.40. The number of anilines is 3. The predicted octanol–water partition coefficient (Wildman–Crippen LogP) is 3.18. The molecular formula is C23H30FN5O5. The van der Waals surface area contributed by atoms with Crippen LogP contribution in [0.1, 0.15) is 37.6 Å². The smallest absolute Gasteiger partial charge is 0.407 e. The molecule has 1 atom stereocenters. The largest absolute Gasteiger partial charge is 0.497 e. The third-order valence-electron chi connectivity index (χ3n) is 5.05. The lowest BCUT2D eigenvalue weighted by atomic mass is 10.2. The van der Waals surface area contributed by atoms with Crippen LogP contribution in [0.4, 0.5) is 26.5 Å². The number of nitrogens with one attached hydrogen (secondary N) is 2. The summed E-state index contributed by atoms with van der Waals surface area (Å²) in [6.45, 7) is 6.11. The predicted molar refractivity (Wildman–Crippen MR) is 126 cm³/mol. The van der Waals surface area contributed by atoms with Crippen molar-refractivity contribution in [2.45, 2.75) is 38.8 Å². The van der Waals surface area contributed by atoms with E-state index in [-0.39, 0.29) is 23.2 Å². The summed E-state index contributed by atoms with van der Waals surface area (Å²) >= 11 is 0. The number of rotatable bonds is 7. The number of aromatic nitrogens is 1. The van der Waals surface area contributed by atoms with Crippen LogP contribution in [0.2, 0.25) is 0 Å². The van der Waals surface area contributed by atoms with Crippen molar-refractivity contribution in [1.82, 2.24) is 10.3 Å². The van der Waals surface area contributed by atoms with Crippen molar-refractivity contribution in [3.8, 4) is 11.5 Å². The maximum Gasteiger partial charge on any atom is 0.407 e. The highest BCUT2D eigenvalue weighted by Crippen LogP contribution is 2.31. The van der Waals surface area contributed by atoms with Gasteiger partial charge in [0, 0.05) is 37.0 Å². The summed E-state index contributed by atoms with van der Waals surface area (Å²) in [6, 6.07) is 5.85. The summed E-state index contributed by atoms with van der Waals surface area (Å²) in [5.74, 6) is -0.374. The minimum Gasteiger partial charge on any atom is -0.497 e. The van der Waals surface area contributed by atoms with Gasteiger partial charge in [0.05, 0.1) is 25.8 Å². The molecule has 2 heterocycles. The zero-order chi connectivity index (χ0) is 25.0. The molecule has 1 aliphatic heterocycles. The second-order valence-electron chi connectivity index (χ2n) is 8.86. The van der Waals surface area contributed by atoms with Crippen molar-refractivity contribution in [3.63, 3.8) is 0 Å². The monoisotopic (exact) mass is 475 g/mol. The molecule has 1 saturated heterocycles. The number of methoxy groups -OCH3 is 2. The fourth-order valence-electron chi connectivity index (χ4n) is 3.55. The Balaban J connectivity index is 1.84. The molecule has 1 aliphatic rings. The molecule has 10 nitrogen and oxygen atoms in total. The second kappa shape index (κ2) is 10.0. The van der Waals surface area contributed by atoms with Crippen LogP contribution in [-0.2, 0) is 4.74 Å². The standard InChI is InChI=1S/C23H30FN5O5/c1-23(2,3)34-22(31)27-13-6-7-29(12-13)21-18(24)11-17(19(25)30)20(28-21)26-14-8-15(32-4)10-16(9-14)33-5/h8-11,13H,6-7,12H2,1-5H3,(H2,25,30)(H,26,28)(H,27,31)/t13-/m1/s1. The van der Waals surface area contributed by atoms with Crippen LogP contribution in [0.5, 0.6) is 11.5 Å². The average Bonchev–Trinajstić information content (AvgIpc) is 3.20. The van der Waals surface area contributed by atoms with E-state index in [1.54, 1.807) is 43.9 Å². The van der Waals surface area contributed by atoms with E-state index in [4.69, 9.17) is 19.9 Å². The number of carbonyl (C=O) groups is 2. The summed E-state index contributed by atoms with van der Waals surface area (Å²) in [7, 11) is 3.02. The zero-order valence-electron chi connectivity index (χ0n) is 19.9. The Kier molecular flexibility index (Phi) is 7.33. The van der Waals surface area contributed by atoms with Crippen molar-refractivity contribution in [2.75, 3.05) is 37.5 Å². The van der Waals surface area contributed by atoms with E-state index in [0.29, 0.717) is 36.7 Å². The van der Waals surface area contributed by atoms with E-state index in [1.807, 2.05) is 0 Å². The van der Waals surface area contributed by atoms with Gasteiger partial charge in [-0.15, -0.1) is 0 Å². The fraction of sp³-hybridized carbons (Fsp3) is 0.435. The number of primary amides is 1. The van der Waals surface area contributed by atoms with E-state index in [9.17, 15) is 14.0 Å². The molecule has 0 saturated carbocycles. The molecule has 2 aromatic rings. The number of nitrogens with two attached hydrogens (primary N) is 1. The summed E-state index contributed by atoms with van der Waals surface area (Å²) in [4.78, 5) is 30.1. The van der Waals surface area contributed by atoms with E-state index in [0.717, 1.165) is 6.07 Å². The Morgan fingerprint density at radius 1 is 1.15 bits per heavy atom. The lowest BCUT2D eigenvalue weighted by Gasteiger charge is -2.23. The number of halogens is 1. The number of hydrogen-bond acceptors (Lipinski definition) is 8. The van der Waals surface area contributed by atoms with Gasteiger partial charge in [0.15, 0.2) is 11.6 Å². The highest BCUT2D eigenvalue weighted by atomic mass is 19.1. The molecule has 34 heavy (non-hydrogen) atoms. The number of amides is 2. The normalized spacial score (nSPS) is 15.6. The van der Waals surface area contributed by atoms with Crippen molar-refractivity contribution >= 4 is 29.3 Å². The molecule has 3 rings (SSSR count). The van der Waals surface area contributed by atoms with Crippen LogP contribution >= 0.6 is 0 Å². The third kappa shape index (κ3) is 6.18. The van der Waals surface area contributed by atoms with E-state index < -0.39 is 23.4 Å². The number of ether oxygens (including phenoxy) is 3. The number of nitrogens with zero attached hydrogens (tertiary/aromatic N) is 2. The topological polar surface area (TPSA) is 128 Å². The van der Waals surface area contributed by atoms with Gasteiger partial charge < -0.3 is 35.5 Å². The first kappa shape index (κ1) is 24.9. The van der Waals surface area contributed by atoms with Crippen LogP contribution in [0, 0.1) is 5.82 Å². The molecule has 0 bridgehead atoms. The Morgan fingerprint density at radius 2 is 1.79 bits per heavy atom. The zero-order valence-corrected chi connectivity index (χ0v) is 19.9. The number of hydrogen-bond donors (Lipinski definition) is 3. The first-order chi connectivity index (χ1) is 16.0. The molecular weight excluding hydrogens is 445 g/mol. The third-order valence-corrected chi connectivity index (χ3v) is 5.05. The number of pyridine rings is 1. The highest BCUT2D eigenvalue weighted by Gasteiger charge is 2.29. The van der Waals surface area contributed by atoms with Crippen LogP contribution < -0.4 is 30.7 Å². The molecule has 0 radical (unpaired) electrons. The molecule has 0 unspecified atom stereocenters. The van der Waals surface area contributed by atoms with Crippen molar-refractivity contribution < 1.29 is 28.2 Å². The molecule has 1 fully saturated rings. The molecule has 184 valence electrons. The Morgan fingerprint density at radius 3 is 2.35 bits per heavy atom. The van der Waals surface area contributed by atoms with Crippen LogP contribution in [0.25, 0.3) is 0 Å². The second-order valence-corrected chi connectivity index (χ2v) is 8.86. The van der Waals surface area contributed by atoms with Crippen molar-refractivity contribution in [2.24, 2.45) is 5.73 Å². The van der Waals surface area contributed by atoms with Crippen LogP contribution in [0.15, 0.2) is 24.3 Å². The molecule has 0 aliphatic carbocycles. The molecule has 1 aromatic heterocycles. The van der Waals surface area contributed by atoms with E-state index >= 15 is 0 Å².